The highest BCUT2D eigenvalue weighted by Crippen LogP contribution is 2.25. The van der Waals surface area contributed by atoms with Crippen LogP contribution in [0.3, 0.4) is 0 Å². The van der Waals surface area contributed by atoms with E-state index in [2.05, 4.69) is 10.1 Å². The molecule has 1 aliphatic heterocycles. The number of aromatic amines is 1. The first-order valence-electron chi connectivity index (χ1n) is 10.6. The van der Waals surface area contributed by atoms with E-state index in [4.69, 9.17) is 5.11 Å². The molecule has 1 aliphatic rings. The molecule has 2 N–H and O–H groups in total. The summed E-state index contributed by atoms with van der Waals surface area (Å²) in [5.74, 6) is -1.38. The van der Waals surface area contributed by atoms with Crippen LogP contribution in [0.4, 0.5) is 0 Å². The first-order valence-corrected chi connectivity index (χ1v) is 10.6. The molecular formula is C25H25N3O4. The number of rotatable bonds is 6. The van der Waals surface area contributed by atoms with E-state index >= 15 is 0 Å². The second-order valence-electron chi connectivity index (χ2n) is 8.27. The third kappa shape index (κ3) is 4.46. The number of aliphatic carboxylic acids is 1. The van der Waals surface area contributed by atoms with Crippen molar-refractivity contribution in [1.82, 2.24) is 9.99 Å². The number of hydrazone groups is 1. The fourth-order valence-corrected chi connectivity index (χ4v) is 4.06. The normalized spacial score (nSPS) is 15.8. The van der Waals surface area contributed by atoms with Crippen LogP contribution in [0.25, 0.3) is 10.9 Å². The summed E-state index contributed by atoms with van der Waals surface area (Å²) in [6.07, 6.45) is 0.432. The number of carboxylic acids is 1. The van der Waals surface area contributed by atoms with Crippen molar-refractivity contribution in [3.63, 3.8) is 0 Å². The van der Waals surface area contributed by atoms with E-state index in [1.807, 2.05) is 62.4 Å². The average molecular weight is 431 g/mol. The summed E-state index contributed by atoms with van der Waals surface area (Å²) in [4.78, 5) is 39.5. The number of hydrogen-bond acceptors (Lipinski definition) is 4. The number of hydrogen-bond donors (Lipinski definition) is 2. The van der Waals surface area contributed by atoms with Gasteiger partial charge in [0.05, 0.1) is 23.7 Å². The highest BCUT2D eigenvalue weighted by atomic mass is 16.4. The third-order valence-corrected chi connectivity index (χ3v) is 5.82. The van der Waals surface area contributed by atoms with Crippen LogP contribution >= 0.6 is 0 Å². The Hall–Kier alpha value is -3.74. The van der Waals surface area contributed by atoms with Crippen molar-refractivity contribution >= 4 is 28.5 Å². The predicted molar refractivity (Wildman–Crippen MR) is 123 cm³/mol. The van der Waals surface area contributed by atoms with Gasteiger partial charge in [0.25, 0.3) is 5.56 Å². The standard InChI is InChI=1S/C25H25N3O4/c1-15-6-8-17(9-7-15)21-14-20(28(27-21)22(29)10-11-23(30)31)13-19-12-18-5-3-4-16(2)24(18)26-25(19)32/h3-9,12,20H,10-11,13-14H2,1-2H3,(H,26,32)(H,30,31). The minimum atomic E-state index is -1.03. The Labute approximate surface area is 185 Å². The summed E-state index contributed by atoms with van der Waals surface area (Å²) >= 11 is 0. The monoisotopic (exact) mass is 431 g/mol. The molecule has 1 aromatic heterocycles. The number of aromatic nitrogens is 1. The van der Waals surface area contributed by atoms with Gasteiger partial charge in [-0.25, -0.2) is 5.01 Å². The van der Waals surface area contributed by atoms with Crippen LogP contribution in [0.2, 0.25) is 0 Å². The van der Waals surface area contributed by atoms with Crippen molar-refractivity contribution in [3.8, 4) is 0 Å². The highest BCUT2D eigenvalue weighted by molar-refractivity contribution is 6.03. The second kappa shape index (κ2) is 8.78. The summed E-state index contributed by atoms with van der Waals surface area (Å²) in [6, 6.07) is 15.2. The van der Waals surface area contributed by atoms with Crippen molar-refractivity contribution in [2.24, 2.45) is 5.10 Å². The Kier molecular flexibility index (Phi) is 5.90. The topological polar surface area (TPSA) is 103 Å². The lowest BCUT2D eigenvalue weighted by Crippen LogP contribution is -2.35. The first kappa shape index (κ1) is 21.5. The van der Waals surface area contributed by atoms with Gasteiger partial charge >= 0.3 is 5.97 Å². The SMILES string of the molecule is Cc1ccc(C2=NN(C(=O)CCC(=O)O)C(Cc3cc4cccc(C)c4[nH]c3=O)C2)cc1. The second-order valence-corrected chi connectivity index (χ2v) is 8.27. The maximum Gasteiger partial charge on any atom is 0.303 e. The summed E-state index contributed by atoms with van der Waals surface area (Å²) in [5, 5.41) is 15.8. The molecule has 0 radical (unpaired) electrons. The Morgan fingerprint density at radius 3 is 2.59 bits per heavy atom. The van der Waals surface area contributed by atoms with Gasteiger partial charge in [-0.3, -0.25) is 14.4 Å². The molecule has 0 saturated heterocycles. The van der Waals surface area contributed by atoms with E-state index in [0.717, 1.165) is 33.3 Å². The smallest absolute Gasteiger partial charge is 0.303 e. The predicted octanol–water partition coefficient (Wildman–Crippen LogP) is 3.56. The molecule has 2 heterocycles. The lowest BCUT2D eigenvalue weighted by Gasteiger charge is -2.21. The minimum Gasteiger partial charge on any atom is -0.481 e. The Morgan fingerprint density at radius 1 is 1.12 bits per heavy atom. The number of carbonyl (C=O) groups is 2. The molecule has 7 nitrogen and oxygen atoms in total. The Balaban J connectivity index is 1.65. The first-order chi connectivity index (χ1) is 15.3. The summed E-state index contributed by atoms with van der Waals surface area (Å²) in [6.45, 7) is 3.94. The molecular weight excluding hydrogens is 406 g/mol. The van der Waals surface area contributed by atoms with Gasteiger partial charge in [-0.2, -0.15) is 5.10 Å². The number of pyridine rings is 1. The zero-order valence-electron chi connectivity index (χ0n) is 18.1. The van der Waals surface area contributed by atoms with Crippen LogP contribution < -0.4 is 5.56 Å². The molecule has 0 fully saturated rings. The van der Waals surface area contributed by atoms with Gasteiger partial charge in [0.2, 0.25) is 5.91 Å². The molecule has 1 amide bonds. The average Bonchev–Trinajstić information content (AvgIpc) is 3.17. The molecule has 32 heavy (non-hydrogen) atoms. The van der Waals surface area contributed by atoms with Gasteiger partial charge < -0.3 is 10.1 Å². The van der Waals surface area contributed by atoms with Gasteiger partial charge in [0.15, 0.2) is 0 Å². The molecule has 0 bridgehead atoms. The van der Waals surface area contributed by atoms with Gasteiger partial charge in [0, 0.05) is 24.8 Å². The van der Waals surface area contributed by atoms with E-state index in [9.17, 15) is 14.4 Å². The van der Waals surface area contributed by atoms with Gasteiger partial charge in [0.1, 0.15) is 0 Å². The van der Waals surface area contributed by atoms with Crippen molar-refractivity contribution in [1.29, 1.82) is 0 Å². The van der Waals surface area contributed by atoms with Crippen LogP contribution in [0, 0.1) is 13.8 Å². The minimum absolute atomic E-state index is 0.135. The number of H-pyrrole nitrogens is 1. The highest BCUT2D eigenvalue weighted by Gasteiger charge is 2.32. The molecule has 164 valence electrons. The quantitative estimate of drug-likeness (QED) is 0.623. The largest absolute Gasteiger partial charge is 0.481 e. The summed E-state index contributed by atoms with van der Waals surface area (Å²) < 4.78 is 0. The van der Waals surface area contributed by atoms with Crippen LogP contribution in [-0.2, 0) is 16.0 Å². The number of fused-ring (bicyclic) bond motifs is 1. The van der Waals surface area contributed by atoms with Crippen LogP contribution in [0.15, 0.2) is 58.4 Å². The van der Waals surface area contributed by atoms with Crippen LogP contribution in [0.5, 0.6) is 0 Å². The van der Waals surface area contributed by atoms with Gasteiger partial charge in [-0.15, -0.1) is 0 Å². The van der Waals surface area contributed by atoms with Crippen LogP contribution in [-0.4, -0.2) is 38.7 Å². The van der Waals surface area contributed by atoms with E-state index in [1.165, 1.54) is 5.01 Å². The fourth-order valence-electron chi connectivity index (χ4n) is 4.06. The Morgan fingerprint density at radius 2 is 1.88 bits per heavy atom. The molecule has 0 aliphatic carbocycles. The summed E-state index contributed by atoms with van der Waals surface area (Å²) in [5.41, 5.74) is 4.97. The number of benzene rings is 2. The number of nitrogens with one attached hydrogen (secondary N) is 1. The van der Waals surface area contributed by atoms with E-state index < -0.39 is 5.97 Å². The molecule has 1 unspecified atom stereocenters. The molecule has 0 saturated carbocycles. The molecule has 4 rings (SSSR count). The van der Waals surface area contributed by atoms with E-state index in [0.29, 0.717) is 18.4 Å². The number of aryl methyl sites for hydroxylation is 2. The lowest BCUT2D eigenvalue weighted by atomic mass is 9.97. The fraction of sp³-hybridized carbons (Fsp3) is 0.280. The molecule has 3 aromatic rings. The van der Waals surface area contributed by atoms with Crippen molar-refractivity contribution in [2.75, 3.05) is 0 Å². The van der Waals surface area contributed by atoms with Gasteiger partial charge in [-0.1, -0.05) is 48.0 Å². The number of amides is 1. The molecule has 2 aromatic carbocycles. The maximum absolute atomic E-state index is 12.8. The number of carboxylic acid groups (broad SMARTS) is 1. The zero-order chi connectivity index (χ0) is 22.8. The van der Waals surface area contributed by atoms with Crippen molar-refractivity contribution < 1.29 is 14.7 Å². The van der Waals surface area contributed by atoms with Crippen molar-refractivity contribution in [3.05, 3.63) is 81.1 Å². The number of nitrogens with zero attached hydrogens (tertiary/aromatic N) is 2. The van der Waals surface area contributed by atoms with E-state index in [1.54, 1.807) is 0 Å². The Bertz CT molecular complexity index is 1270. The summed E-state index contributed by atoms with van der Waals surface area (Å²) in [7, 11) is 0. The molecule has 0 spiro atoms. The third-order valence-electron chi connectivity index (χ3n) is 5.82. The molecule has 1 atom stereocenters. The lowest BCUT2D eigenvalue weighted by molar-refractivity contribution is -0.141. The van der Waals surface area contributed by atoms with Crippen LogP contribution in [0.1, 0.15) is 41.5 Å². The maximum atomic E-state index is 12.8. The van der Waals surface area contributed by atoms with Gasteiger partial charge in [-0.05, 0) is 36.4 Å². The molecule has 7 heteroatoms. The van der Waals surface area contributed by atoms with E-state index in [-0.39, 0.29) is 30.3 Å². The number of carbonyl (C=O) groups excluding carboxylic acids is 1. The zero-order valence-corrected chi connectivity index (χ0v) is 18.1. The van der Waals surface area contributed by atoms with Crippen molar-refractivity contribution in [2.45, 2.75) is 45.6 Å². The number of para-hydroxylation sites is 1.